The lowest BCUT2D eigenvalue weighted by molar-refractivity contribution is -0.137. The first-order chi connectivity index (χ1) is 17.4. The molecule has 0 amide bonds. The van der Waals surface area contributed by atoms with Crippen LogP contribution >= 0.6 is 11.3 Å². The van der Waals surface area contributed by atoms with Crippen LogP contribution < -0.4 is 10.1 Å². The molecule has 1 atom stereocenters. The number of methoxy groups -OCH3 is 1. The van der Waals surface area contributed by atoms with Crippen LogP contribution in [0.25, 0.3) is 5.00 Å². The third-order valence-corrected chi connectivity index (χ3v) is 7.61. The Morgan fingerprint density at radius 3 is 2.47 bits per heavy atom. The van der Waals surface area contributed by atoms with Crippen molar-refractivity contribution in [3.63, 3.8) is 0 Å². The van der Waals surface area contributed by atoms with Gasteiger partial charge in [-0.25, -0.2) is 0 Å². The Hall–Kier alpha value is -3.98. The number of fused-ring (bicyclic) bond motifs is 3. The van der Waals surface area contributed by atoms with E-state index in [0.717, 1.165) is 50.2 Å². The zero-order chi connectivity index (χ0) is 25.4. The standard InChI is InChI=1S/C27H27N5O3S/c1-15-16(2)36-27-24(15)25(29-22(13-23(33)34)26-31-30-17(3)32(26)27)19-7-9-20(10-8-19)28-14-18-5-11-21(35-4)12-6-18/h5-12,22,28H,13-14H2,1-4H3,(H,33,34)/t22-/m0/s1. The highest BCUT2D eigenvalue weighted by atomic mass is 32.1. The number of thiophene rings is 1. The van der Waals surface area contributed by atoms with Crippen molar-refractivity contribution in [1.82, 2.24) is 14.8 Å². The first-order valence-corrected chi connectivity index (χ1v) is 12.5. The average molecular weight is 502 g/mol. The lowest BCUT2D eigenvalue weighted by atomic mass is 9.99. The first kappa shape index (κ1) is 23.7. The molecule has 1 aliphatic rings. The molecule has 1 aliphatic heterocycles. The van der Waals surface area contributed by atoms with Gasteiger partial charge in [-0.1, -0.05) is 24.3 Å². The number of nitrogens with zero attached hydrogens (tertiary/aromatic N) is 4. The van der Waals surface area contributed by atoms with E-state index < -0.39 is 12.0 Å². The minimum absolute atomic E-state index is 0.157. The molecule has 0 aliphatic carbocycles. The van der Waals surface area contributed by atoms with Gasteiger partial charge in [0, 0.05) is 28.2 Å². The van der Waals surface area contributed by atoms with Crippen LogP contribution in [0.4, 0.5) is 5.69 Å². The van der Waals surface area contributed by atoms with Crippen molar-refractivity contribution >= 4 is 28.7 Å². The van der Waals surface area contributed by atoms with Crippen LogP contribution in [0.5, 0.6) is 5.75 Å². The van der Waals surface area contributed by atoms with E-state index in [-0.39, 0.29) is 6.42 Å². The molecule has 0 saturated carbocycles. The molecule has 36 heavy (non-hydrogen) atoms. The molecule has 5 rings (SSSR count). The summed E-state index contributed by atoms with van der Waals surface area (Å²) >= 11 is 1.66. The van der Waals surface area contributed by atoms with E-state index >= 15 is 0 Å². The van der Waals surface area contributed by atoms with Gasteiger partial charge in [-0.3, -0.25) is 14.4 Å². The number of nitrogens with one attached hydrogen (secondary N) is 1. The summed E-state index contributed by atoms with van der Waals surface area (Å²) in [6.45, 7) is 6.75. The largest absolute Gasteiger partial charge is 0.497 e. The number of hydrogen-bond donors (Lipinski definition) is 2. The van der Waals surface area contributed by atoms with Crippen molar-refractivity contribution in [1.29, 1.82) is 0 Å². The molecule has 8 nitrogen and oxygen atoms in total. The number of rotatable bonds is 7. The summed E-state index contributed by atoms with van der Waals surface area (Å²) < 4.78 is 7.19. The minimum Gasteiger partial charge on any atom is -0.497 e. The molecule has 0 bridgehead atoms. The van der Waals surface area contributed by atoms with Gasteiger partial charge < -0.3 is 15.2 Å². The fourth-order valence-corrected chi connectivity index (χ4v) is 5.60. The number of aliphatic carboxylic acids is 1. The number of carboxylic acid groups (broad SMARTS) is 1. The molecule has 0 spiro atoms. The second-order valence-electron chi connectivity index (χ2n) is 8.77. The predicted octanol–water partition coefficient (Wildman–Crippen LogP) is 5.24. The molecule has 0 unspecified atom stereocenters. The van der Waals surface area contributed by atoms with Crippen molar-refractivity contribution < 1.29 is 14.6 Å². The predicted molar refractivity (Wildman–Crippen MR) is 141 cm³/mol. The van der Waals surface area contributed by atoms with E-state index in [2.05, 4.69) is 29.4 Å². The Labute approximate surface area is 213 Å². The van der Waals surface area contributed by atoms with Gasteiger partial charge in [0.2, 0.25) is 0 Å². The van der Waals surface area contributed by atoms with Crippen molar-refractivity contribution in [2.24, 2.45) is 4.99 Å². The molecule has 0 fully saturated rings. The van der Waals surface area contributed by atoms with Crippen molar-refractivity contribution in [3.8, 4) is 10.8 Å². The minimum atomic E-state index is -0.925. The molecule has 2 aromatic heterocycles. The third-order valence-electron chi connectivity index (χ3n) is 6.42. The number of aromatic nitrogens is 3. The van der Waals surface area contributed by atoms with E-state index in [1.165, 1.54) is 4.88 Å². The van der Waals surface area contributed by atoms with E-state index in [1.807, 2.05) is 60.0 Å². The summed E-state index contributed by atoms with van der Waals surface area (Å²) in [5, 5.41) is 22.6. The van der Waals surface area contributed by atoms with Crippen molar-refractivity contribution in [3.05, 3.63) is 87.3 Å². The lowest BCUT2D eigenvalue weighted by Gasteiger charge is -2.12. The maximum Gasteiger partial charge on any atom is 0.306 e. The fraction of sp³-hybridized carbons (Fsp3) is 0.259. The number of aliphatic imine (C=N–C) groups is 1. The lowest BCUT2D eigenvalue weighted by Crippen LogP contribution is -2.10. The molecule has 2 N–H and O–H groups in total. The summed E-state index contributed by atoms with van der Waals surface area (Å²) in [6, 6.07) is 15.4. The SMILES string of the molecule is COc1ccc(CNc2ccc(C3=N[C@@H](CC(=O)O)c4nnc(C)n4-c4sc(C)c(C)c43)cc2)cc1. The van der Waals surface area contributed by atoms with Crippen LogP contribution in [0, 0.1) is 20.8 Å². The van der Waals surface area contributed by atoms with Gasteiger partial charge >= 0.3 is 5.97 Å². The van der Waals surface area contributed by atoms with Crippen LogP contribution in [0.2, 0.25) is 0 Å². The van der Waals surface area contributed by atoms with Crippen LogP contribution in [-0.4, -0.2) is 38.7 Å². The van der Waals surface area contributed by atoms with E-state index in [4.69, 9.17) is 9.73 Å². The Balaban J connectivity index is 1.50. The highest BCUT2D eigenvalue weighted by Gasteiger charge is 2.32. The highest BCUT2D eigenvalue weighted by Crippen LogP contribution is 2.39. The molecule has 2 aromatic carbocycles. The number of anilines is 1. The van der Waals surface area contributed by atoms with Gasteiger partial charge in [-0.15, -0.1) is 21.5 Å². The van der Waals surface area contributed by atoms with Gasteiger partial charge in [-0.05, 0) is 56.2 Å². The summed E-state index contributed by atoms with van der Waals surface area (Å²) in [4.78, 5) is 17.9. The van der Waals surface area contributed by atoms with Crippen molar-refractivity contribution in [2.45, 2.75) is 39.8 Å². The number of ether oxygens (including phenoxy) is 1. The van der Waals surface area contributed by atoms with Gasteiger partial charge in [0.1, 0.15) is 22.6 Å². The number of benzene rings is 2. The second kappa shape index (κ2) is 9.58. The zero-order valence-electron chi connectivity index (χ0n) is 20.6. The summed E-state index contributed by atoms with van der Waals surface area (Å²) in [5.41, 5.74) is 5.98. The number of carboxylic acids is 1. The van der Waals surface area contributed by atoms with Crippen LogP contribution in [0.15, 0.2) is 53.5 Å². The first-order valence-electron chi connectivity index (χ1n) is 11.6. The Morgan fingerprint density at radius 1 is 1.08 bits per heavy atom. The van der Waals surface area contributed by atoms with Gasteiger partial charge in [0.25, 0.3) is 0 Å². The highest BCUT2D eigenvalue weighted by molar-refractivity contribution is 7.15. The molecule has 4 aromatic rings. The summed E-state index contributed by atoms with van der Waals surface area (Å²) in [6.07, 6.45) is -0.157. The number of hydrogen-bond acceptors (Lipinski definition) is 7. The van der Waals surface area contributed by atoms with Crippen LogP contribution in [0.1, 0.15) is 51.2 Å². The Bertz CT molecular complexity index is 1450. The normalized spacial score (nSPS) is 14.4. The van der Waals surface area contributed by atoms with Gasteiger partial charge in [-0.2, -0.15) is 0 Å². The fourth-order valence-electron chi connectivity index (χ4n) is 4.38. The Kier molecular flexibility index (Phi) is 6.32. The summed E-state index contributed by atoms with van der Waals surface area (Å²) in [5.74, 6) is 1.19. The number of carbonyl (C=O) groups is 1. The van der Waals surface area contributed by atoms with E-state index in [1.54, 1.807) is 18.4 Å². The molecule has 0 radical (unpaired) electrons. The maximum absolute atomic E-state index is 11.7. The molecule has 3 heterocycles. The average Bonchev–Trinajstić information content (AvgIpc) is 3.35. The topological polar surface area (TPSA) is 102 Å². The molecular weight excluding hydrogens is 474 g/mol. The van der Waals surface area contributed by atoms with Gasteiger partial charge in [0.05, 0.1) is 19.2 Å². The smallest absolute Gasteiger partial charge is 0.306 e. The van der Waals surface area contributed by atoms with E-state index in [9.17, 15) is 9.90 Å². The van der Waals surface area contributed by atoms with Crippen LogP contribution in [0.3, 0.4) is 0 Å². The third kappa shape index (κ3) is 4.37. The Morgan fingerprint density at radius 2 is 1.81 bits per heavy atom. The number of aryl methyl sites for hydroxylation is 2. The molecular formula is C27H27N5O3S. The van der Waals surface area contributed by atoms with Crippen LogP contribution in [-0.2, 0) is 11.3 Å². The van der Waals surface area contributed by atoms with Gasteiger partial charge in [0.15, 0.2) is 5.82 Å². The zero-order valence-corrected chi connectivity index (χ0v) is 21.4. The van der Waals surface area contributed by atoms with Crippen molar-refractivity contribution in [2.75, 3.05) is 12.4 Å². The molecule has 184 valence electrons. The maximum atomic E-state index is 11.7. The quantitative estimate of drug-likeness (QED) is 0.359. The van der Waals surface area contributed by atoms with E-state index in [0.29, 0.717) is 12.4 Å². The molecule has 0 saturated heterocycles. The molecule has 9 heteroatoms. The monoisotopic (exact) mass is 501 g/mol. The summed E-state index contributed by atoms with van der Waals surface area (Å²) in [7, 11) is 1.66. The second-order valence-corrected chi connectivity index (χ2v) is 9.98.